The lowest BCUT2D eigenvalue weighted by molar-refractivity contribution is -0.386. The van der Waals surface area contributed by atoms with Crippen LogP contribution in [0.1, 0.15) is 0 Å². The zero-order valence-corrected chi connectivity index (χ0v) is 7.97. The molecule has 1 aromatic rings. The van der Waals surface area contributed by atoms with Crippen LogP contribution in [0.3, 0.4) is 0 Å². The molecule has 1 rings (SSSR count). The van der Waals surface area contributed by atoms with Gasteiger partial charge in [-0.2, -0.15) is 4.98 Å². The summed E-state index contributed by atoms with van der Waals surface area (Å²) >= 11 is 0. The second kappa shape index (κ2) is 5.08. The Bertz CT molecular complexity index is 358. The first-order valence-electron chi connectivity index (χ1n) is 4.07. The van der Waals surface area contributed by atoms with Crippen LogP contribution in [0, 0.1) is 10.1 Å². The van der Waals surface area contributed by atoms with Gasteiger partial charge in [-0.3, -0.25) is 10.1 Å². The minimum Gasteiger partial charge on any atom is -0.481 e. The van der Waals surface area contributed by atoms with Gasteiger partial charge in [0.2, 0.25) is 5.88 Å². The molecule has 0 aliphatic carbocycles. The minimum absolute atomic E-state index is 0.175. The Hall–Kier alpha value is -1.92. The molecule has 0 saturated carbocycles. The van der Waals surface area contributed by atoms with Gasteiger partial charge in [0.1, 0.15) is 13.3 Å². The Kier molecular flexibility index (Phi) is 3.78. The van der Waals surface area contributed by atoms with Crippen LogP contribution in [-0.2, 0) is 0 Å². The van der Waals surface area contributed by atoms with Crippen LogP contribution in [0.25, 0.3) is 0 Å². The van der Waals surface area contributed by atoms with Crippen LogP contribution in [0.5, 0.6) is 11.8 Å². The maximum atomic E-state index is 11.8. The van der Waals surface area contributed by atoms with Crippen molar-refractivity contribution in [3.8, 4) is 11.8 Å². The summed E-state index contributed by atoms with van der Waals surface area (Å²) < 4.78 is 21.4. The fraction of sp³-hybridized carbons (Fsp3) is 0.375. The number of nitro groups is 1. The van der Waals surface area contributed by atoms with E-state index in [-0.39, 0.29) is 24.1 Å². The van der Waals surface area contributed by atoms with E-state index in [2.05, 4.69) is 4.98 Å². The lowest BCUT2D eigenvalue weighted by atomic mass is 10.4. The largest absolute Gasteiger partial charge is 0.481 e. The van der Waals surface area contributed by atoms with E-state index >= 15 is 0 Å². The number of pyridine rings is 1. The second-order valence-electron chi connectivity index (χ2n) is 2.47. The van der Waals surface area contributed by atoms with Crippen molar-refractivity contribution in [1.82, 2.24) is 4.98 Å². The molecule has 0 N–H and O–H groups in total. The molecule has 15 heavy (non-hydrogen) atoms. The molecule has 0 aliphatic rings. The van der Waals surface area contributed by atoms with E-state index in [9.17, 15) is 14.5 Å². The van der Waals surface area contributed by atoms with Crippen molar-refractivity contribution in [3.63, 3.8) is 0 Å². The van der Waals surface area contributed by atoms with Crippen molar-refractivity contribution in [3.05, 3.63) is 22.2 Å². The average Bonchev–Trinajstić information content (AvgIpc) is 2.25. The third-order valence-electron chi connectivity index (χ3n) is 1.54. The summed E-state index contributed by atoms with van der Waals surface area (Å²) in [6.07, 6.45) is 0. The monoisotopic (exact) mass is 216 g/mol. The maximum absolute atomic E-state index is 11.8. The number of halogens is 1. The number of ether oxygens (including phenoxy) is 2. The van der Waals surface area contributed by atoms with Crippen molar-refractivity contribution in [2.24, 2.45) is 0 Å². The van der Waals surface area contributed by atoms with Crippen molar-refractivity contribution in [1.29, 1.82) is 0 Å². The van der Waals surface area contributed by atoms with Gasteiger partial charge < -0.3 is 9.47 Å². The molecule has 0 bridgehead atoms. The average molecular weight is 216 g/mol. The van der Waals surface area contributed by atoms with E-state index < -0.39 is 11.6 Å². The third kappa shape index (κ3) is 2.76. The smallest absolute Gasteiger partial charge is 0.331 e. The van der Waals surface area contributed by atoms with Crippen molar-refractivity contribution < 1.29 is 18.8 Å². The first kappa shape index (κ1) is 11.2. The SMILES string of the molecule is COc1ccc([N+](=O)[O-])c(OCCF)n1. The lowest BCUT2D eigenvalue weighted by Gasteiger charge is -2.04. The Morgan fingerprint density at radius 2 is 2.33 bits per heavy atom. The van der Waals surface area contributed by atoms with E-state index in [0.717, 1.165) is 0 Å². The summed E-state index contributed by atoms with van der Waals surface area (Å²) in [4.78, 5) is 13.6. The maximum Gasteiger partial charge on any atom is 0.331 e. The highest BCUT2D eigenvalue weighted by Crippen LogP contribution is 2.26. The lowest BCUT2D eigenvalue weighted by Crippen LogP contribution is -2.04. The molecular formula is C8H9FN2O4. The minimum atomic E-state index is -0.740. The molecule has 0 saturated heterocycles. The Morgan fingerprint density at radius 3 is 2.87 bits per heavy atom. The summed E-state index contributed by atoms with van der Waals surface area (Å²) in [5, 5.41) is 10.5. The summed E-state index contributed by atoms with van der Waals surface area (Å²) in [6, 6.07) is 2.53. The van der Waals surface area contributed by atoms with Crippen molar-refractivity contribution in [2.45, 2.75) is 0 Å². The summed E-state index contributed by atoms with van der Waals surface area (Å²) in [5.41, 5.74) is -0.316. The first-order valence-corrected chi connectivity index (χ1v) is 4.07. The van der Waals surface area contributed by atoms with Gasteiger partial charge in [-0.15, -0.1) is 0 Å². The number of aromatic nitrogens is 1. The Balaban J connectivity index is 2.99. The number of hydrogen-bond acceptors (Lipinski definition) is 5. The quantitative estimate of drug-likeness (QED) is 0.548. The van der Waals surface area contributed by atoms with Gasteiger partial charge in [-0.25, -0.2) is 4.39 Å². The van der Waals surface area contributed by atoms with Crippen LogP contribution >= 0.6 is 0 Å². The number of alkyl halides is 1. The van der Waals surface area contributed by atoms with Crippen LogP contribution in [-0.4, -0.2) is 30.3 Å². The second-order valence-corrected chi connectivity index (χ2v) is 2.47. The molecule has 0 fully saturated rings. The normalized spacial score (nSPS) is 9.73. The van der Waals surface area contributed by atoms with Gasteiger partial charge in [0.25, 0.3) is 5.88 Å². The van der Waals surface area contributed by atoms with Crippen LogP contribution < -0.4 is 9.47 Å². The van der Waals surface area contributed by atoms with E-state index in [4.69, 9.17) is 9.47 Å². The molecule has 0 aliphatic heterocycles. The number of hydrogen-bond donors (Lipinski definition) is 0. The fourth-order valence-corrected chi connectivity index (χ4v) is 0.910. The number of methoxy groups -OCH3 is 1. The van der Waals surface area contributed by atoms with Crippen molar-refractivity contribution in [2.75, 3.05) is 20.4 Å². The highest BCUT2D eigenvalue weighted by molar-refractivity contribution is 5.42. The first-order chi connectivity index (χ1) is 7.19. The zero-order chi connectivity index (χ0) is 11.3. The molecule has 0 unspecified atom stereocenters. The third-order valence-corrected chi connectivity index (χ3v) is 1.54. The molecule has 1 heterocycles. The van der Waals surface area contributed by atoms with Gasteiger partial charge in [0, 0.05) is 12.1 Å². The fourth-order valence-electron chi connectivity index (χ4n) is 0.910. The van der Waals surface area contributed by atoms with E-state index in [1.165, 1.54) is 19.2 Å². The zero-order valence-electron chi connectivity index (χ0n) is 7.97. The van der Waals surface area contributed by atoms with Crippen LogP contribution in [0.15, 0.2) is 12.1 Å². The topological polar surface area (TPSA) is 74.5 Å². The molecule has 6 nitrogen and oxygen atoms in total. The molecule has 7 heteroatoms. The van der Waals surface area contributed by atoms with Gasteiger partial charge >= 0.3 is 5.69 Å². The molecule has 0 atom stereocenters. The standard InChI is InChI=1S/C8H9FN2O4/c1-14-7-3-2-6(11(12)13)8(10-7)15-5-4-9/h2-3H,4-5H2,1H3. The van der Waals surface area contributed by atoms with Gasteiger partial charge in [-0.1, -0.05) is 0 Å². The number of rotatable bonds is 5. The van der Waals surface area contributed by atoms with Crippen LogP contribution in [0.4, 0.5) is 10.1 Å². The van der Waals surface area contributed by atoms with Gasteiger partial charge in [0.05, 0.1) is 12.0 Å². The van der Waals surface area contributed by atoms with Crippen molar-refractivity contribution >= 4 is 5.69 Å². The predicted octanol–water partition coefficient (Wildman–Crippen LogP) is 1.35. The molecular weight excluding hydrogens is 207 g/mol. The summed E-state index contributed by atoms with van der Waals surface area (Å²) in [6.45, 7) is -1.02. The highest BCUT2D eigenvalue weighted by atomic mass is 19.1. The predicted molar refractivity (Wildman–Crippen MR) is 48.9 cm³/mol. The molecule has 0 aromatic carbocycles. The van der Waals surface area contributed by atoms with E-state index in [1.54, 1.807) is 0 Å². The van der Waals surface area contributed by atoms with Gasteiger partial charge in [0.15, 0.2) is 0 Å². The highest BCUT2D eigenvalue weighted by Gasteiger charge is 2.17. The van der Waals surface area contributed by atoms with E-state index in [1.807, 2.05) is 0 Å². The van der Waals surface area contributed by atoms with E-state index in [0.29, 0.717) is 0 Å². The summed E-state index contributed by atoms with van der Waals surface area (Å²) in [7, 11) is 1.37. The molecule has 1 aromatic heterocycles. The van der Waals surface area contributed by atoms with Crippen LogP contribution in [0.2, 0.25) is 0 Å². The van der Waals surface area contributed by atoms with Gasteiger partial charge in [-0.05, 0) is 0 Å². The number of nitrogens with zero attached hydrogens (tertiary/aromatic N) is 2. The Morgan fingerprint density at radius 1 is 1.60 bits per heavy atom. The molecule has 0 amide bonds. The molecule has 82 valence electrons. The Labute approximate surface area is 84.8 Å². The molecule has 0 spiro atoms. The summed E-state index contributed by atoms with van der Waals surface area (Å²) in [5.74, 6) is -0.0635. The molecule has 0 radical (unpaired) electrons.